The van der Waals surface area contributed by atoms with Gasteiger partial charge in [-0.25, -0.2) is 4.39 Å². The molecular formula is C16H21FN2O2. The molecule has 0 aromatic heterocycles. The average molecular weight is 292 g/mol. The number of primary amides is 1. The standard InChI is InChI=1S/C16H21FN2O2/c1-8-11(17)6-9(15(18)20)7-12(8)19-13-10-4-5-21-14(10)16(13,2)3/h6-7,10,13-14,19H,4-5H2,1-3H3,(H2,18,20). The number of hydrogen-bond acceptors (Lipinski definition) is 3. The highest BCUT2D eigenvalue weighted by Gasteiger charge is 2.59. The lowest BCUT2D eigenvalue weighted by Gasteiger charge is -2.55. The lowest BCUT2D eigenvalue weighted by atomic mass is 9.57. The predicted molar refractivity (Wildman–Crippen MR) is 78.7 cm³/mol. The molecule has 3 atom stereocenters. The molecule has 1 aromatic carbocycles. The fourth-order valence-corrected chi connectivity index (χ4v) is 3.76. The quantitative estimate of drug-likeness (QED) is 0.899. The van der Waals surface area contributed by atoms with Gasteiger partial charge in [-0.05, 0) is 25.5 Å². The molecule has 1 saturated carbocycles. The second-order valence-corrected chi connectivity index (χ2v) is 6.68. The number of benzene rings is 1. The van der Waals surface area contributed by atoms with E-state index in [2.05, 4.69) is 19.2 Å². The molecule has 4 nitrogen and oxygen atoms in total. The molecule has 1 aliphatic carbocycles. The highest BCUT2D eigenvalue weighted by Crippen LogP contribution is 2.53. The van der Waals surface area contributed by atoms with Crippen molar-refractivity contribution in [2.45, 2.75) is 39.3 Å². The van der Waals surface area contributed by atoms with Crippen LogP contribution in [-0.4, -0.2) is 24.7 Å². The average Bonchev–Trinajstić information content (AvgIpc) is 2.86. The molecule has 3 rings (SSSR count). The van der Waals surface area contributed by atoms with Crippen LogP contribution in [0.3, 0.4) is 0 Å². The van der Waals surface area contributed by atoms with Crippen molar-refractivity contribution in [3.05, 3.63) is 29.1 Å². The summed E-state index contributed by atoms with van der Waals surface area (Å²) in [6, 6.07) is 3.04. The first-order valence-electron chi connectivity index (χ1n) is 7.30. The zero-order valence-corrected chi connectivity index (χ0v) is 12.6. The SMILES string of the molecule is Cc1c(F)cc(C(N)=O)cc1NC1C2CCOC2C1(C)C. The van der Waals surface area contributed by atoms with Crippen LogP contribution in [0.5, 0.6) is 0 Å². The molecule has 2 aliphatic rings. The zero-order chi connectivity index (χ0) is 15.4. The molecule has 1 aromatic rings. The maximum atomic E-state index is 14.0. The van der Waals surface area contributed by atoms with Crippen LogP contribution in [0.1, 0.15) is 36.2 Å². The third kappa shape index (κ3) is 2.11. The van der Waals surface area contributed by atoms with Gasteiger partial charge in [-0.1, -0.05) is 13.8 Å². The molecule has 114 valence electrons. The zero-order valence-electron chi connectivity index (χ0n) is 12.6. The Labute approximate surface area is 123 Å². The Morgan fingerprint density at radius 3 is 2.86 bits per heavy atom. The maximum absolute atomic E-state index is 14.0. The molecule has 0 radical (unpaired) electrons. The van der Waals surface area contributed by atoms with E-state index in [4.69, 9.17) is 10.5 Å². The van der Waals surface area contributed by atoms with Gasteiger partial charge in [0.2, 0.25) is 5.91 Å². The molecule has 3 N–H and O–H groups in total. The Bertz CT molecular complexity index is 600. The van der Waals surface area contributed by atoms with Crippen molar-refractivity contribution in [3.8, 4) is 0 Å². The second kappa shape index (κ2) is 4.70. The van der Waals surface area contributed by atoms with Crippen LogP contribution < -0.4 is 11.1 Å². The van der Waals surface area contributed by atoms with Gasteiger partial charge in [-0.3, -0.25) is 4.79 Å². The van der Waals surface area contributed by atoms with E-state index in [1.807, 2.05) is 0 Å². The van der Waals surface area contributed by atoms with E-state index < -0.39 is 11.7 Å². The number of halogens is 1. The molecule has 1 amide bonds. The normalized spacial score (nSPS) is 29.6. The molecule has 21 heavy (non-hydrogen) atoms. The van der Waals surface area contributed by atoms with Gasteiger partial charge < -0.3 is 15.8 Å². The Kier molecular flexibility index (Phi) is 3.20. The summed E-state index contributed by atoms with van der Waals surface area (Å²) in [5, 5.41) is 3.42. The molecule has 2 fully saturated rings. The summed E-state index contributed by atoms with van der Waals surface area (Å²) < 4.78 is 19.7. The summed E-state index contributed by atoms with van der Waals surface area (Å²) >= 11 is 0. The van der Waals surface area contributed by atoms with Crippen LogP contribution in [0.25, 0.3) is 0 Å². The molecular weight excluding hydrogens is 271 g/mol. The topological polar surface area (TPSA) is 64.4 Å². The lowest BCUT2D eigenvalue weighted by Crippen LogP contribution is -2.63. The number of hydrogen-bond donors (Lipinski definition) is 2. The first kappa shape index (κ1) is 14.3. The van der Waals surface area contributed by atoms with Gasteiger partial charge in [-0.15, -0.1) is 0 Å². The number of nitrogens with one attached hydrogen (secondary N) is 1. The smallest absolute Gasteiger partial charge is 0.248 e. The van der Waals surface area contributed by atoms with Crippen LogP contribution in [-0.2, 0) is 4.74 Å². The largest absolute Gasteiger partial charge is 0.381 e. The number of rotatable bonds is 3. The third-order valence-electron chi connectivity index (χ3n) is 5.04. The van der Waals surface area contributed by atoms with E-state index in [-0.39, 0.29) is 23.1 Å². The number of carbonyl (C=O) groups excluding carboxylic acids is 1. The van der Waals surface area contributed by atoms with Gasteiger partial charge in [0.25, 0.3) is 0 Å². The first-order valence-corrected chi connectivity index (χ1v) is 7.30. The summed E-state index contributed by atoms with van der Waals surface area (Å²) in [5.74, 6) is -0.586. The van der Waals surface area contributed by atoms with Crippen LogP contribution in [0.15, 0.2) is 12.1 Å². The number of anilines is 1. The predicted octanol–water partition coefficient (Wildman–Crippen LogP) is 2.46. The number of nitrogens with two attached hydrogens (primary N) is 1. The highest BCUT2D eigenvalue weighted by atomic mass is 19.1. The van der Waals surface area contributed by atoms with Crippen LogP contribution in [0.4, 0.5) is 10.1 Å². The summed E-state index contributed by atoms with van der Waals surface area (Å²) in [6.45, 7) is 6.80. The van der Waals surface area contributed by atoms with Gasteiger partial charge in [0, 0.05) is 40.8 Å². The van der Waals surface area contributed by atoms with E-state index in [1.54, 1.807) is 13.0 Å². The van der Waals surface area contributed by atoms with Crippen molar-refractivity contribution in [1.82, 2.24) is 0 Å². The molecule has 1 heterocycles. The van der Waals surface area contributed by atoms with Crippen LogP contribution >= 0.6 is 0 Å². The Balaban J connectivity index is 1.90. The minimum atomic E-state index is -0.619. The van der Waals surface area contributed by atoms with E-state index >= 15 is 0 Å². The van der Waals surface area contributed by atoms with Crippen molar-refractivity contribution in [2.24, 2.45) is 17.1 Å². The van der Waals surface area contributed by atoms with E-state index in [0.29, 0.717) is 17.2 Å². The molecule has 1 aliphatic heterocycles. The molecule has 3 unspecified atom stereocenters. The second-order valence-electron chi connectivity index (χ2n) is 6.68. The van der Waals surface area contributed by atoms with Crippen molar-refractivity contribution >= 4 is 11.6 Å². The molecule has 1 saturated heterocycles. The van der Waals surface area contributed by atoms with E-state index in [1.165, 1.54) is 6.07 Å². The lowest BCUT2D eigenvalue weighted by molar-refractivity contribution is -0.0923. The Morgan fingerprint density at radius 1 is 1.48 bits per heavy atom. The minimum absolute atomic E-state index is 0.00713. The van der Waals surface area contributed by atoms with Gasteiger partial charge >= 0.3 is 0 Å². The monoisotopic (exact) mass is 292 g/mol. The number of fused-ring (bicyclic) bond motifs is 1. The summed E-state index contributed by atoms with van der Waals surface area (Å²) in [5.41, 5.74) is 6.61. The van der Waals surface area contributed by atoms with E-state index in [0.717, 1.165) is 13.0 Å². The van der Waals surface area contributed by atoms with Gasteiger partial charge in [0.15, 0.2) is 0 Å². The van der Waals surface area contributed by atoms with Crippen molar-refractivity contribution in [1.29, 1.82) is 0 Å². The minimum Gasteiger partial charge on any atom is -0.381 e. The van der Waals surface area contributed by atoms with Crippen molar-refractivity contribution in [3.63, 3.8) is 0 Å². The summed E-state index contributed by atoms with van der Waals surface area (Å²) in [4.78, 5) is 11.3. The molecule has 0 spiro atoms. The molecule has 0 bridgehead atoms. The van der Waals surface area contributed by atoms with Gasteiger partial charge in [0.05, 0.1) is 6.10 Å². The van der Waals surface area contributed by atoms with E-state index in [9.17, 15) is 9.18 Å². The van der Waals surface area contributed by atoms with Crippen LogP contribution in [0, 0.1) is 24.1 Å². The summed E-state index contributed by atoms with van der Waals surface area (Å²) in [7, 11) is 0. The Hall–Kier alpha value is -1.62. The Morgan fingerprint density at radius 2 is 2.19 bits per heavy atom. The fourth-order valence-electron chi connectivity index (χ4n) is 3.76. The van der Waals surface area contributed by atoms with Gasteiger partial charge in [0.1, 0.15) is 5.82 Å². The molecule has 5 heteroatoms. The third-order valence-corrected chi connectivity index (χ3v) is 5.04. The summed E-state index contributed by atoms with van der Waals surface area (Å²) in [6.07, 6.45) is 1.28. The number of ether oxygens (including phenoxy) is 1. The first-order chi connectivity index (χ1) is 9.82. The maximum Gasteiger partial charge on any atom is 0.248 e. The van der Waals surface area contributed by atoms with Crippen molar-refractivity contribution in [2.75, 3.05) is 11.9 Å². The highest BCUT2D eigenvalue weighted by molar-refractivity contribution is 5.94. The number of amides is 1. The fraction of sp³-hybridized carbons (Fsp3) is 0.562. The van der Waals surface area contributed by atoms with Crippen molar-refractivity contribution < 1.29 is 13.9 Å². The van der Waals surface area contributed by atoms with Gasteiger partial charge in [-0.2, -0.15) is 0 Å². The number of carbonyl (C=O) groups is 1. The van der Waals surface area contributed by atoms with Crippen LogP contribution in [0.2, 0.25) is 0 Å².